The number of aryl methyl sites for hydroxylation is 2. The van der Waals surface area contributed by atoms with Crippen LogP contribution < -0.4 is 5.56 Å². The Morgan fingerprint density at radius 2 is 1.95 bits per heavy atom. The fraction of sp³-hybridized carbons (Fsp3) is 0.133. The molecule has 1 aromatic heterocycles. The monoisotopic (exact) mass is 296 g/mol. The van der Waals surface area contributed by atoms with Crippen molar-refractivity contribution in [3.05, 3.63) is 73.2 Å². The van der Waals surface area contributed by atoms with Gasteiger partial charge in [0.05, 0.1) is 11.1 Å². The van der Waals surface area contributed by atoms with Crippen molar-refractivity contribution in [1.82, 2.24) is 4.68 Å². The van der Waals surface area contributed by atoms with Gasteiger partial charge in [-0.15, -0.1) is 0 Å². The van der Waals surface area contributed by atoms with Crippen LogP contribution in [0.15, 0.2) is 40.2 Å². The van der Waals surface area contributed by atoms with E-state index in [1.807, 2.05) is 6.07 Å². The molecule has 7 nitrogen and oxygen atoms in total. The number of pyridine rings is 1. The summed E-state index contributed by atoms with van der Waals surface area (Å²) in [6.07, 6.45) is 1.41. The van der Waals surface area contributed by atoms with Crippen LogP contribution in [-0.2, 0) is 0 Å². The van der Waals surface area contributed by atoms with Gasteiger partial charge in [-0.2, -0.15) is 10.4 Å². The maximum atomic E-state index is 12.1. The third-order valence-corrected chi connectivity index (χ3v) is 3.10. The van der Waals surface area contributed by atoms with Crippen LogP contribution in [0.3, 0.4) is 0 Å². The summed E-state index contributed by atoms with van der Waals surface area (Å²) in [4.78, 5) is 22.2. The van der Waals surface area contributed by atoms with E-state index in [9.17, 15) is 14.9 Å². The van der Waals surface area contributed by atoms with Crippen molar-refractivity contribution < 1.29 is 4.92 Å². The minimum atomic E-state index is -0.491. The lowest BCUT2D eigenvalue weighted by Gasteiger charge is -2.06. The predicted octanol–water partition coefficient (Wildman–Crippen LogP) is 2.13. The van der Waals surface area contributed by atoms with Gasteiger partial charge in [0.1, 0.15) is 11.6 Å². The van der Waals surface area contributed by atoms with E-state index in [-0.39, 0.29) is 11.3 Å². The molecule has 0 radical (unpaired) electrons. The second-order valence-corrected chi connectivity index (χ2v) is 4.67. The van der Waals surface area contributed by atoms with Crippen LogP contribution in [0.4, 0.5) is 5.69 Å². The summed E-state index contributed by atoms with van der Waals surface area (Å²) in [5.74, 6) is 0. The van der Waals surface area contributed by atoms with Crippen molar-refractivity contribution >= 4 is 11.9 Å². The zero-order valence-electron chi connectivity index (χ0n) is 12.0. The summed E-state index contributed by atoms with van der Waals surface area (Å²) < 4.78 is 1.13. The molecule has 0 N–H and O–H groups in total. The van der Waals surface area contributed by atoms with Crippen LogP contribution in [0.1, 0.15) is 22.4 Å². The van der Waals surface area contributed by atoms with Gasteiger partial charge < -0.3 is 0 Å². The summed E-state index contributed by atoms with van der Waals surface area (Å²) in [5, 5.41) is 23.6. The van der Waals surface area contributed by atoms with Crippen LogP contribution in [0.5, 0.6) is 0 Å². The van der Waals surface area contributed by atoms with Gasteiger partial charge in [0.25, 0.3) is 11.2 Å². The van der Waals surface area contributed by atoms with Crippen molar-refractivity contribution in [3.8, 4) is 6.07 Å². The van der Waals surface area contributed by atoms with E-state index < -0.39 is 10.5 Å². The second-order valence-electron chi connectivity index (χ2n) is 4.67. The number of nitro benzene ring substituents is 1. The average molecular weight is 296 g/mol. The third-order valence-electron chi connectivity index (χ3n) is 3.10. The number of aromatic nitrogens is 1. The highest BCUT2D eigenvalue weighted by atomic mass is 16.6. The van der Waals surface area contributed by atoms with E-state index in [2.05, 4.69) is 5.10 Å². The molecule has 1 aromatic carbocycles. The lowest BCUT2D eigenvalue weighted by Crippen LogP contribution is -2.22. The Morgan fingerprint density at radius 3 is 2.50 bits per heavy atom. The standard InChI is InChI=1S/C15H12N4O3/c1-10-7-11(2)18(15(20)14(10)8-16)17-9-12-3-5-13(6-4-12)19(21)22/h3-7,9H,1-2H3/b17-9+. The highest BCUT2D eigenvalue weighted by Gasteiger charge is 2.09. The lowest BCUT2D eigenvalue weighted by atomic mass is 10.1. The number of nitro groups is 1. The summed E-state index contributed by atoms with van der Waals surface area (Å²) in [6, 6.07) is 9.33. The third kappa shape index (κ3) is 2.91. The molecule has 110 valence electrons. The summed E-state index contributed by atoms with van der Waals surface area (Å²) in [5.41, 5.74) is 1.35. The molecule has 0 amide bonds. The highest BCUT2D eigenvalue weighted by molar-refractivity contribution is 5.79. The van der Waals surface area contributed by atoms with Gasteiger partial charge in [0, 0.05) is 17.8 Å². The molecule has 0 aliphatic heterocycles. The molecule has 0 bridgehead atoms. The van der Waals surface area contributed by atoms with E-state index in [0.717, 1.165) is 4.68 Å². The number of nitriles is 1. The smallest absolute Gasteiger partial charge is 0.266 e. The van der Waals surface area contributed by atoms with Crippen LogP contribution in [0.25, 0.3) is 0 Å². The van der Waals surface area contributed by atoms with Gasteiger partial charge in [-0.3, -0.25) is 14.9 Å². The van der Waals surface area contributed by atoms with Crippen LogP contribution >= 0.6 is 0 Å². The molecular formula is C15H12N4O3. The van der Waals surface area contributed by atoms with Crippen molar-refractivity contribution in [3.63, 3.8) is 0 Å². The van der Waals surface area contributed by atoms with Crippen molar-refractivity contribution in [1.29, 1.82) is 5.26 Å². The van der Waals surface area contributed by atoms with Crippen LogP contribution in [0, 0.1) is 35.3 Å². The normalized spacial score (nSPS) is 10.6. The summed E-state index contributed by atoms with van der Waals surface area (Å²) >= 11 is 0. The first-order valence-electron chi connectivity index (χ1n) is 6.36. The van der Waals surface area contributed by atoms with Gasteiger partial charge in [-0.05, 0) is 43.2 Å². The van der Waals surface area contributed by atoms with Crippen LogP contribution in [0.2, 0.25) is 0 Å². The molecule has 2 rings (SSSR count). The largest absolute Gasteiger partial charge is 0.289 e. The van der Waals surface area contributed by atoms with Gasteiger partial charge in [0.15, 0.2) is 0 Å². The fourth-order valence-electron chi connectivity index (χ4n) is 1.97. The first kappa shape index (κ1) is 15.1. The van der Waals surface area contributed by atoms with E-state index in [1.165, 1.54) is 30.5 Å². The minimum Gasteiger partial charge on any atom is -0.266 e. The minimum absolute atomic E-state index is 0.0207. The predicted molar refractivity (Wildman–Crippen MR) is 81.0 cm³/mol. The molecule has 0 aliphatic carbocycles. The summed E-state index contributed by atoms with van der Waals surface area (Å²) in [7, 11) is 0. The highest BCUT2D eigenvalue weighted by Crippen LogP contribution is 2.11. The molecule has 0 atom stereocenters. The van der Waals surface area contributed by atoms with E-state index >= 15 is 0 Å². The first-order valence-corrected chi connectivity index (χ1v) is 6.36. The van der Waals surface area contributed by atoms with Crippen LogP contribution in [-0.4, -0.2) is 15.8 Å². The Balaban J connectivity index is 2.41. The maximum Gasteiger partial charge on any atom is 0.289 e. The maximum absolute atomic E-state index is 12.1. The molecule has 0 unspecified atom stereocenters. The zero-order valence-corrected chi connectivity index (χ0v) is 12.0. The zero-order chi connectivity index (χ0) is 16.3. The number of non-ortho nitro benzene ring substituents is 1. The molecule has 0 fully saturated rings. The van der Waals surface area contributed by atoms with Crippen molar-refractivity contribution in [2.24, 2.45) is 5.10 Å². The van der Waals surface area contributed by atoms with E-state index in [1.54, 1.807) is 19.9 Å². The molecule has 0 saturated heterocycles. The topological polar surface area (TPSA) is 101 Å². The number of benzene rings is 1. The molecule has 22 heavy (non-hydrogen) atoms. The molecule has 0 saturated carbocycles. The molecular weight excluding hydrogens is 284 g/mol. The molecule has 1 heterocycles. The quantitative estimate of drug-likeness (QED) is 0.491. The van der Waals surface area contributed by atoms with Crippen molar-refractivity contribution in [2.75, 3.05) is 0 Å². The second kappa shape index (κ2) is 6.01. The molecule has 2 aromatic rings. The lowest BCUT2D eigenvalue weighted by molar-refractivity contribution is -0.384. The Morgan fingerprint density at radius 1 is 1.32 bits per heavy atom. The number of hydrogen-bond acceptors (Lipinski definition) is 5. The number of rotatable bonds is 3. The van der Waals surface area contributed by atoms with E-state index in [0.29, 0.717) is 16.8 Å². The molecule has 0 aliphatic rings. The fourth-order valence-corrected chi connectivity index (χ4v) is 1.97. The average Bonchev–Trinajstić information content (AvgIpc) is 2.47. The Hall–Kier alpha value is -3.27. The number of nitrogens with zero attached hydrogens (tertiary/aromatic N) is 4. The van der Waals surface area contributed by atoms with Gasteiger partial charge in [-0.1, -0.05) is 0 Å². The molecule has 7 heteroatoms. The Labute approximate surface area is 125 Å². The first-order chi connectivity index (χ1) is 10.4. The van der Waals surface area contributed by atoms with E-state index in [4.69, 9.17) is 5.26 Å². The van der Waals surface area contributed by atoms with Gasteiger partial charge >= 0.3 is 0 Å². The Kier molecular flexibility index (Phi) is 4.13. The van der Waals surface area contributed by atoms with Crippen molar-refractivity contribution in [2.45, 2.75) is 13.8 Å². The van der Waals surface area contributed by atoms with Gasteiger partial charge in [-0.25, -0.2) is 4.68 Å². The number of hydrogen-bond donors (Lipinski definition) is 0. The SMILES string of the molecule is Cc1cc(C)n(/N=C/c2ccc([N+](=O)[O-])cc2)c(=O)c1C#N. The van der Waals surface area contributed by atoms with Gasteiger partial charge in [0.2, 0.25) is 0 Å². The summed E-state index contributed by atoms with van der Waals surface area (Å²) in [6.45, 7) is 3.40. The Bertz CT molecular complexity index is 858. The molecule has 0 spiro atoms.